The molecule has 2 aromatic carbocycles. The second-order valence-electron chi connectivity index (χ2n) is 9.08. The smallest absolute Gasteiger partial charge is 0.408 e. The lowest BCUT2D eigenvalue weighted by Crippen LogP contribution is -2.50. The number of alkyl halides is 1. The van der Waals surface area contributed by atoms with Gasteiger partial charge in [0.25, 0.3) is 5.91 Å². The highest BCUT2D eigenvalue weighted by Crippen LogP contribution is 2.52. The quantitative estimate of drug-likeness (QED) is 0.223. The molecule has 2 aromatic rings. The van der Waals surface area contributed by atoms with Crippen molar-refractivity contribution in [2.24, 2.45) is 5.92 Å². The Morgan fingerprint density at radius 1 is 1.32 bits per heavy atom. The van der Waals surface area contributed by atoms with Gasteiger partial charge in [-0.3, -0.25) is 4.79 Å². The number of carbonyl (C=O) groups excluding carboxylic acids is 2. The molecule has 34 heavy (non-hydrogen) atoms. The number of halogens is 2. The Morgan fingerprint density at radius 3 is 2.71 bits per heavy atom. The Balaban J connectivity index is 1.84. The third-order valence-corrected chi connectivity index (χ3v) is 7.36. The first kappa shape index (κ1) is 25.1. The third kappa shape index (κ3) is 5.00. The average molecular weight is 597 g/mol. The fraction of sp³-hybridized carbons (Fsp3) is 0.440. The van der Waals surface area contributed by atoms with Crippen molar-refractivity contribution in [2.45, 2.75) is 42.8 Å². The van der Waals surface area contributed by atoms with Crippen LogP contribution in [0.1, 0.15) is 59.3 Å². The minimum atomic E-state index is -0.538. The average Bonchev–Trinajstić information content (AvgIpc) is 3.13. The summed E-state index contributed by atoms with van der Waals surface area (Å²) in [6, 6.07) is 11.0. The normalized spacial score (nSPS) is 19.6. The van der Waals surface area contributed by atoms with E-state index in [9.17, 15) is 14.0 Å². The van der Waals surface area contributed by atoms with Crippen LogP contribution in [0, 0.1) is 11.7 Å². The Kier molecular flexibility index (Phi) is 7.91. The zero-order valence-electron chi connectivity index (χ0n) is 19.2. The molecule has 2 aliphatic rings. The Morgan fingerprint density at radius 2 is 2.06 bits per heavy atom. The van der Waals surface area contributed by atoms with Crippen molar-refractivity contribution in [1.29, 1.82) is 0 Å². The van der Waals surface area contributed by atoms with Crippen LogP contribution in [-0.2, 0) is 9.16 Å². The Labute approximate surface area is 218 Å². The fourth-order valence-corrected chi connectivity index (χ4v) is 5.57. The fourth-order valence-electron chi connectivity index (χ4n) is 4.97. The second-order valence-corrected chi connectivity index (χ2v) is 10.3. The number of hydrogen-bond donors (Lipinski definition) is 3. The van der Waals surface area contributed by atoms with E-state index < -0.39 is 18.1 Å². The van der Waals surface area contributed by atoms with Crippen LogP contribution in [0.4, 0.5) is 14.9 Å². The number of thiol groups is 1. The van der Waals surface area contributed by atoms with Gasteiger partial charge in [0.05, 0.1) is 6.04 Å². The van der Waals surface area contributed by atoms with Gasteiger partial charge in [-0.1, -0.05) is 60.7 Å². The van der Waals surface area contributed by atoms with E-state index in [0.29, 0.717) is 30.0 Å². The molecule has 4 rings (SSSR count). The van der Waals surface area contributed by atoms with Crippen molar-refractivity contribution >= 4 is 52.9 Å². The second kappa shape index (κ2) is 10.7. The standard InChI is InChI=1S/C25H29FIN3O3S/c1-14(2)9-21(29-25(32)33-7-8-34)30-20-11-17(26)10-18-22(20)19(13-28-24(18)31)23(30)16-5-3-15(12-27)4-6-16/h3-6,10-11,14,19,21,23,34H,7-9,12-13H2,1-2H3,(H,28,31)(H,29,32). The zero-order chi connectivity index (χ0) is 24.4. The molecule has 2 heterocycles. The van der Waals surface area contributed by atoms with Crippen LogP contribution < -0.4 is 15.5 Å². The molecule has 6 nitrogen and oxygen atoms in total. The molecule has 0 spiro atoms. The van der Waals surface area contributed by atoms with Gasteiger partial charge < -0.3 is 20.3 Å². The van der Waals surface area contributed by atoms with Crippen molar-refractivity contribution in [3.63, 3.8) is 0 Å². The van der Waals surface area contributed by atoms with E-state index in [1.54, 1.807) is 0 Å². The summed E-state index contributed by atoms with van der Waals surface area (Å²) in [6.45, 7) is 4.79. The van der Waals surface area contributed by atoms with Crippen molar-refractivity contribution in [2.75, 3.05) is 23.8 Å². The molecule has 0 aromatic heterocycles. The van der Waals surface area contributed by atoms with Gasteiger partial charge in [-0.15, -0.1) is 0 Å². The van der Waals surface area contributed by atoms with Gasteiger partial charge in [-0.2, -0.15) is 12.6 Å². The molecular formula is C25H29FIN3O3S. The van der Waals surface area contributed by atoms with Crippen molar-refractivity contribution in [3.05, 3.63) is 64.5 Å². The Bertz CT molecular complexity index is 1070. The number of alkyl carbamates (subject to hydrolysis) is 1. The summed E-state index contributed by atoms with van der Waals surface area (Å²) in [5.74, 6) is -0.146. The monoisotopic (exact) mass is 597 g/mol. The molecular weight excluding hydrogens is 568 g/mol. The van der Waals surface area contributed by atoms with E-state index in [-0.39, 0.29) is 30.4 Å². The van der Waals surface area contributed by atoms with Crippen LogP contribution in [0.2, 0.25) is 0 Å². The summed E-state index contributed by atoms with van der Waals surface area (Å²) < 4.78 is 20.9. The van der Waals surface area contributed by atoms with Gasteiger partial charge in [0.2, 0.25) is 0 Å². The van der Waals surface area contributed by atoms with Gasteiger partial charge in [0.1, 0.15) is 18.6 Å². The first-order valence-electron chi connectivity index (χ1n) is 11.4. The number of benzene rings is 2. The molecule has 0 radical (unpaired) electrons. The summed E-state index contributed by atoms with van der Waals surface area (Å²) in [5, 5.41) is 5.94. The largest absolute Gasteiger partial charge is 0.449 e. The molecule has 3 atom stereocenters. The van der Waals surface area contributed by atoms with E-state index in [1.807, 2.05) is 0 Å². The van der Waals surface area contributed by atoms with Crippen LogP contribution in [-0.4, -0.2) is 37.1 Å². The van der Waals surface area contributed by atoms with E-state index in [2.05, 4.69) is 88.9 Å². The van der Waals surface area contributed by atoms with E-state index >= 15 is 0 Å². The highest BCUT2D eigenvalue weighted by molar-refractivity contribution is 14.1. The number of nitrogens with zero attached hydrogens (tertiary/aromatic N) is 1. The summed E-state index contributed by atoms with van der Waals surface area (Å²) in [5.41, 5.74) is 4.12. The van der Waals surface area contributed by atoms with E-state index in [0.717, 1.165) is 15.6 Å². The van der Waals surface area contributed by atoms with Gasteiger partial charge in [0, 0.05) is 33.9 Å². The highest BCUT2D eigenvalue weighted by atomic mass is 127. The molecule has 3 unspecified atom stereocenters. The number of hydrogen-bond acceptors (Lipinski definition) is 5. The van der Waals surface area contributed by atoms with Crippen molar-refractivity contribution < 1.29 is 18.7 Å². The summed E-state index contributed by atoms with van der Waals surface area (Å²) in [6.07, 6.45) is -0.366. The molecule has 0 saturated carbocycles. The minimum absolute atomic E-state index is 0.0707. The third-order valence-electron chi connectivity index (χ3n) is 6.29. The first-order chi connectivity index (χ1) is 16.3. The molecule has 2 amide bonds. The number of rotatable bonds is 8. The SMILES string of the molecule is CC(C)CC(NC(=O)OCCS)N1c2cc(F)cc3c2C(CNC3=O)C1c1ccc(CI)cc1. The summed E-state index contributed by atoms with van der Waals surface area (Å²) in [4.78, 5) is 27.3. The lowest BCUT2D eigenvalue weighted by atomic mass is 9.85. The maximum atomic E-state index is 14.8. The number of ether oxygens (including phenoxy) is 1. The molecule has 2 N–H and O–H groups in total. The predicted octanol–water partition coefficient (Wildman–Crippen LogP) is 5.18. The molecule has 0 fully saturated rings. The van der Waals surface area contributed by atoms with Crippen molar-refractivity contribution in [1.82, 2.24) is 10.6 Å². The van der Waals surface area contributed by atoms with Crippen LogP contribution in [0.15, 0.2) is 36.4 Å². The minimum Gasteiger partial charge on any atom is -0.449 e. The molecule has 9 heteroatoms. The summed E-state index contributed by atoms with van der Waals surface area (Å²) in [7, 11) is 0. The van der Waals surface area contributed by atoms with Crippen LogP contribution >= 0.6 is 35.2 Å². The van der Waals surface area contributed by atoms with Crippen LogP contribution in [0.5, 0.6) is 0 Å². The lowest BCUT2D eigenvalue weighted by molar-refractivity contribution is 0.0939. The van der Waals surface area contributed by atoms with Gasteiger partial charge >= 0.3 is 6.09 Å². The van der Waals surface area contributed by atoms with Crippen LogP contribution in [0.3, 0.4) is 0 Å². The van der Waals surface area contributed by atoms with E-state index in [4.69, 9.17) is 4.74 Å². The van der Waals surface area contributed by atoms with Gasteiger partial charge in [-0.25, -0.2) is 9.18 Å². The predicted molar refractivity (Wildman–Crippen MR) is 142 cm³/mol. The number of amides is 2. The first-order valence-corrected chi connectivity index (χ1v) is 13.6. The Hall–Kier alpha value is -2.01. The maximum Gasteiger partial charge on any atom is 0.408 e. The highest BCUT2D eigenvalue weighted by Gasteiger charge is 2.47. The molecule has 182 valence electrons. The zero-order valence-corrected chi connectivity index (χ0v) is 22.2. The van der Waals surface area contributed by atoms with Gasteiger partial charge in [-0.05, 0) is 41.2 Å². The van der Waals surface area contributed by atoms with Gasteiger partial charge in [0.15, 0.2) is 0 Å². The number of nitrogens with one attached hydrogen (secondary N) is 2. The topological polar surface area (TPSA) is 70.7 Å². The molecule has 0 aliphatic carbocycles. The van der Waals surface area contributed by atoms with Crippen molar-refractivity contribution in [3.8, 4) is 0 Å². The molecule has 0 bridgehead atoms. The summed E-state index contributed by atoms with van der Waals surface area (Å²) >= 11 is 6.44. The number of carbonyl (C=O) groups is 2. The van der Waals surface area contributed by atoms with Crippen LogP contribution in [0.25, 0.3) is 0 Å². The maximum absolute atomic E-state index is 14.8. The lowest BCUT2D eigenvalue weighted by Gasteiger charge is -2.38. The van der Waals surface area contributed by atoms with E-state index in [1.165, 1.54) is 17.7 Å². The molecule has 2 aliphatic heterocycles. The molecule has 0 saturated heterocycles. The number of anilines is 1.